The van der Waals surface area contributed by atoms with E-state index in [1.807, 2.05) is 26.1 Å². The molecule has 28 heavy (non-hydrogen) atoms. The van der Waals surface area contributed by atoms with Crippen molar-refractivity contribution in [3.8, 4) is 11.5 Å². The van der Waals surface area contributed by atoms with E-state index in [-0.39, 0.29) is 5.41 Å². The largest absolute Gasteiger partial charge is 0.449 e. The van der Waals surface area contributed by atoms with Crippen molar-refractivity contribution in [2.45, 2.75) is 53.9 Å². The molecule has 5 heteroatoms. The molecule has 3 aromatic rings. The minimum absolute atomic E-state index is 0.0896. The number of ether oxygens (including phenoxy) is 1. The quantitative estimate of drug-likeness (QED) is 0.410. The summed E-state index contributed by atoms with van der Waals surface area (Å²) in [5.41, 5.74) is 7.59. The van der Waals surface area contributed by atoms with Crippen molar-refractivity contribution in [3.05, 3.63) is 58.5 Å². The molecule has 0 fully saturated rings. The van der Waals surface area contributed by atoms with Crippen LogP contribution >= 0.6 is 0 Å². The summed E-state index contributed by atoms with van der Waals surface area (Å²) in [5.74, 6) is 2.25. The molecule has 0 atom stereocenters. The van der Waals surface area contributed by atoms with Crippen LogP contribution in [0, 0.1) is 27.7 Å². The van der Waals surface area contributed by atoms with Crippen LogP contribution in [-0.2, 0) is 5.41 Å². The molecule has 0 saturated carbocycles. The summed E-state index contributed by atoms with van der Waals surface area (Å²) < 4.78 is 6.19. The number of rotatable bonds is 1. The Balaban J connectivity index is 2.00. The Morgan fingerprint density at radius 3 is 2.25 bits per heavy atom. The standard InChI is InChI=1S/C23H26N4O/c1-13-8-19-22(24-11-13)27(18-12-25-26-16(4)21(18)28-19)20-14(2)9-17(10-15(20)3)23(5,6)7/h8-12H,1-7H3. The maximum atomic E-state index is 6.19. The van der Waals surface area contributed by atoms with E-state index in [1.165, 1.54) is 16.7 Å². The fraction of sp³-hybridized carbons (Fsp3) is 0.348. The van der Waals surface area contributed by atoms with Gasteiger partial charge in [0.05, 0.1) is 11.9 Å². The lowest BCUT2D eigenvalue weighted by Gasteiger charge is -2.34. The third-order valence-corrected chi connectivity index (χ3v) is 5.16. The number of pyridine rings is 1. The first kappa shape index (κ1) is 18.4. The van der Waals surface area contributed by atoms with Crippen molar-refractivity contribution in [1.82, 2.24) is 15.2 Å². The monoisotopic (exact) mass is 374 g/mol. The summed E-state index contributed by atoms with van der Waals surface area (Å²) in [5, 5.41) is 8.37. The molecule has 0 amide bonds. The van der Waals surface area contributed by atoms with Crippen molar-refractivity contribution in [2.24, 2.45) is 0 Å². The van der Waals surface area contributed by atoms with Gasteiger partial charge in [-0.05, 0) is 61.4 Å². The average molecular weight is 374 g/mol. The number of nitrogens with zero attached hydrogens (tertiary/aromatic N) is 4. The van der Waals surface area contributed by atoms with Crippen molar-refractivity contribution in [1.29, 1.82) is 0 Å². The fourth-order valence-corrected chi connectivity index (χ4v) is 3.72. The Morgan fingerprint density at radius 2 is 1.61 bits per heavy atom. The van der Waals surface area contributed by atoms with Crippen LogP contribution in [0.1, 0.15) is 48.7 Å². The number of hydrogen-bond acceptors (Lipinski definition) is 5. The van der Waals surface area contributed by atoms with Crippen molar-refractivity contribution < 1.29 is 4.74 Å². The van der Waals surface area contributed by atoms with E-state index in [1.54, 1.807) is 6.20 Å². The van der Waals surface area contributed by atoms with Gasteiger partial charge < -0.3 is 4.74 Å². The van der Waals surface area contributed by atoms with Crippen LogP contribution in [0.15, 0.2) is 30.6 Å². The number of aryl methyl sites for hydroxylation is 4. The summed E-state index contributed by atoms with van der Waals surface area (Å²) in [6, 6.07) is 6.56. The summed E-state index contributed by atoms with van der Waals surface area (Å²) in [7, 11) is 0. The first-order valence-electron chi connectivity index (χ1n) is 9.55. The topological polar surface area (TPSA) is 51.1 Å². The van der Waals surface area contributed by atoms with Gasteiger partial charge in [-0.25, -0.2) is 4.98 Å². The Morgan fingerprint density at radius 1 is 0.929 bits per heavy atom. The van der Waals surface area contributed by atoms with E-state index in [0.29, 0.717) is 0 Å². The molecular weight excluding hydrogens is 348 g/mol. The van der Waals surface area contributed by atoms with Crippen molar-refractivity contribution >= 4 is 17.2 Å². The summed E-state index contributed by atoms with van der Waals surface area (Å²) in [4.78, 5) is 6.87. The average Bonchev–Trinajstić information content (AvgIpc) is 2.60. The van der Waals surface area contributed by atoms with Crippen LogP contribution in [0.5, 0.6) is 11.5 Å². The predicted molar refractivity (Wildman–Crippen MR) is 112 cm³/mol. The Kier molecular flexibility index (Phi) is 4.14. The molecule has 0 aliphatic carbocycles. The van der Waals surface area contributed by atoms with E-state index in [4.69, 9.17) is 9.72 Å². The van der Waals surface area contributed by atoms with Crippen LogP contribution in [0.3, 0.4) is 0 Å². The maximum absolute atomic E-state index is 6.19. The second-order valence-corrected chi connectivity index (χ2v) is 8.62. The summed E-state index contributed by atoms with van der Waals surface area (Å²) >= 11 is 0. The van der Waals surface area contributed by atoms with Gasteiger partial charge in [0.1, 0.15) is 11.4 Å². The summed E-state index contributed by atoms with van der Waals surface area (Å²) in [6.45, 7) is 15.0. The Hall–Kier alpha value is -2.95. The Labute approximate surface area is 166 Å². The second kappa shape index (κ2) is 6.30. The zero-order valence-electron chi connectivity index (χ0n) is 17.6. The van der Waals surface area contributed by atoms with Crippen LogP contribution < -0.4 is 9.64 Å². The van der Waals surface area contributed by atoms with E-state index in [9.17, 15) is 0 Å². The van der Waals surface area contributed by atoms with Gasteiger partial charge in [-0.15, -0.1) is 0 Å². The van der Waals surface area contributed by atoms with Crippen LogP contribution in [0.2, 0.25) is 0 Å². The lowest BCUT2D eigenvalue weighted by atomic mass is 9.84. The van der Waals surface area contributed by atoms with Gasteiger partial charge in [-0.1, -0.05) is 32.9 Å². The number of hydrogen-bond donors (Lipinski definition) is 0. The van der Waals surface area contributed by atoms with Gasteiger partial charge in [0.25, 0.3) is 0 Å². The van der Waals surface area contributed by atoms with Gasteiger partial charge in [-0.2, -0.15) is 10.2 Å². The van der Waals surface area contributed by atoms with Gasteiger partial charge >= 0.3 is 0 Å². The summed E-state index contributed by atoms with van der Waals surface area (Å²) in [6.07, 6.45) is 3.62. The van der Waals surface area contributed by atoms with E-state index >= 15 is 0 Å². The van der Waals surface area contributed by atoms with E-state index in [2.05, 4.69) is 61.8 Å². The number of benzene rings is 1. The molecule has 4 rings (SSSR count). The minimum atomic E-state index is 0.0896. The first-order valence-corrected chi connectivity index (χ1v) is 9.55. The Bertz CT molecular complexity index is 1060. The van der Waals surface area contributed by atoms with Gasteiger partial charge in [-0.3, -0.25) is 4.90 Å². The zero-order chi connectivity index (χ0) is 20.2. The maximum Gasteiger partial charge on any atom is 0.181 e. The molecule has 1 aliphatic heterocycles. The minimum Gasteiger partial charge on any atom is -0.449 e. The molecule has 5 nitrogen and oxygen atoms in total. The highest BCUT2D eigenvalue weighted by molar-refractivity contribution is 5.86. The van der Waals surface area contributed by atoms with E-state index in [0.717, 1.165) is 39.9 Å². The molecule has 2 aromatic heterocycles. The molecular formula is C23H26N4O. The van der Waals surface area contributed by atoms with Gasteiger partial charge in [0, 0.05) is 6.20 Å². The lowest BCUT2D eigenvalue weighted by Crippen LogP contribution is -2.21. The molecule has 0 saturated heterocycles. The third kappa shape index (κ3) is 2.91. The molecule has 144 valence electrons. The molecule has 0 N–H and O–H groups in total. The number of fused-ring (bicyclic) bond motifs is 2. The molecule has 0 spiro atoms. The zero-order valence-corrected chi connectivity index (χ0v) is 17.6. The molecule has 0 unspecified atom stereocenters. The van der Waals surface area contributed by atoms with Gasteiger partial charge in [0.15, 0.2) is 17.3 Å². The second-order valence-electron chi connectivity index (χ2n) is 8.62. The molecule has 0 radical (unpaired) electrons. The number of anilines is 3. The molecule has 1 aromatic carbocycles. The third-order valence-electron chi connectivity index (χ3n) is 5.16. The van der Waals surface area contributed by atoms with Crippen LogP contribution in [-0.4, -0.2) is 15.2 Å². The van der Waals surface area contributed by atoms with Crippen LogP contribution in [0.25, 0.3) is 0 Å². The van der Waals surface area contributed by atoms with E-state index < -0.39 is 0 Å². The number of aromatic nitrogens is 3. The normalized spacial score (nSPS) is 13.0. The van der Waals surface area contributed by atoms with Crippen molar-refractivity contribution in [2.75, 3.05) is 4.90 Å². The van der Waals surface area contributed by atoms with Gasteiger partial charge in [0.2, 0.25) is 0 Å². The fourth-order valence-electron chi connectivity index (χ4n) is 3.72. The highest BCUT2D eigenvalue weighted by Crippen LogP contribution is 2.51. The molecule has 0 bridgehead atoms. The highest BCUT2D eigenvalue weighted by Gasteiger charge is 2.31. The highest BCUT2D eigenvalue weighted by atomic mass is 16.5. The smallest absolute Gasteiger partial charge is 0.181 e. The predicted octanol–water partition coefficient (Wildman–Crippen LogP) is 5.98. The van der Waals surface area contributed by atoms with Crippen molar-refractivity contribution in [3.63, 3.8) is 0 Å². The SMILES string of the molecule is Cc1cnc2c(c1)Oc1c(cnnc1C)N2c1c(C)cc(C(C)(C)C)cc1C. The lowest BCUT2D eigenvalue weighted by molar-refractivity contribution is 0.464. The van der Waals surface area contributed by atoms with Crippen LogP contribution in [0.4, 0.5) is 17.2 Å². The molecule has 3 heterocycles. The first-order chi connectivity index (χ1) is 13.2. The molecule has 1 aliphatic rings.